The molecule has 0 heterocycles. The molecule has 0 aliphatic carbocycles. The molecule has 0 nitrogen and oxygen atoms in total. The monoisotopic (exact) mass is 158 g/mol. The molecule has 0 amide bonds. The molecule has 0 fully saturated rings. The van der Waals surface area contributed by atoms with Crippen LogP contribution in [-0.2, 0) is 0 Å². The maximum Gasteiger partial charge on any atom is -0.0352 e. The van der Waals surface area contributed by atoms with Crippen LogP contribution in [0.25, 0.3) is 0 Å². The molecule has 0 aromatic carbocycles. The third kappa shape index (κ3) is 26.0. The van der Waals surface area contributed by atoms with Crippen molar-refractivity contribution >= 4 is 0 Å². The minimum Gasteiger partial charge on any atom is -0.0859 e. The SMILES string of the molecule is CC.CC.CC/C=C(/C)CC. The van der Waals surface area contributed by atoms with Crippen molar-refractivity contribution in [3.8, 4) is 0 Å². The van der Waals surface area contributed by atoms with E-state index in [1.165, 1.54) is 18.4 Å². The van der Waals surface area contributed by atoms with Crippen molar-refractivity contribution in [2.24, 2.45) is 0 Å². The van der Waals surface area contributed by atoms with Gasteiger partial charge in [-0.25, -0.2) is 0 Å². The van der Waals surface area contributed by atoms with E-state index in [1.807, 2.05) is 27.7 Å². The van der Waals surface area contributed by atoms with Crippen LogP contribution in [0.5, 0.6) is 0 Å². The topological polar surface area (TPSA) is 0 Å². The first-order valence-corrected chi connectivity index (χ1v) is 4.96. The molecular weight excluding hydrogens is 132 g/mol. The van der Waals surface area contributed by atoms with Crippen LogP contribution in [0.2, 0.25) is 0 Å². The number of hydrogen-bond donors (Lipinski definition) is 0. The molecule has 0 atom stereocenters. The fraction of sp³-hybridized carbons (Fsp3) is 0.818. The molecular formula is C11H26. The Kier molecular flexibility index (Phi) is 34.9. The van der Waals surface area contributed by atoms with Crippen molar-refractivity contribution in [2.75, 3.05) is 0 Å². The summed E-state index contributed by atoms with van der Waals surface area (Å²) in [4.78, 5) is 0. The molecule has 0 saturated heterocycles. The van der Waals surface area contributed by atoms with E-state index >= 15 is 0 Å². The Morgan fingerprint density at radius 3 is 1.45 bits per heavy atom. The second-order valence-electron chi connectivity index (χ2n) is 1.81. The Morgan fingerprint density at radius 2 is 1.36 bits per heavy atom. The average Bonchev–Trinajstić information content (AvgIpc) is 2.12. The molecule has 0 saturated carbocycles. The highest BCUT2D eigenvalue weighted by molar-refractivity contribution is 4.95. The molecule has 0 unspecified atom stereocenters. The van der Waals surface area contributed by atoms with Gasteiger partial charge < -0.3 is 0 Å². The van der Waals surface area contributed by atoms with Crippen LogP contribution < -0.4 is 0 Å². The molecule has 0 aliphatic heterocycles. The third-order valence-electron chi connectivity index (χ3n) is 1.11. The van der Waals surface area contributed by atoms with Crippen molar-refractivity contribution in [1.82, 2.24) is 0 Å². The lowest BCUT2D eigenvalue weighted by Gasteiger charge is -1.88. The first-order chi connectivity index (χ1) is 5.31. The van der Waals surface area contributed by atoms with Crippen molar-refractivity contribution < 1.29 is 0 Å². The van der Waals surface area contributed by atoms with Gasteiger partial charge >= 0.3 is 0 Å². The van der Waals surface area contributed by atoms with Gasteiger partial charge in [-0.3, -0.25) is 0 Å². The van der Waals surface area contributed by atoms with E-state index in [4.69, 9.17) is 0 Å². The standard InChI is InChI=1S/C7H14.2C2H6/c1-4-6-7(3)5-2;2*1-2/h6H,4-5H2,1-3H3;2*1-2H3/b7-6-;;. The van der Waals surface area contributed by atoms with E-state index in [1.54, 1.807) is 0 Å². The first kappa shape index (κ1) is 17.0. The largest absolute Gasteiger partial charge is 0.0859 e. The van der Waals surface area contributed by atoms with Crippen LogP contribution in [0, 0.1) is 0 Å². The molecule has 0 bridgehead atoms. The molecule has 0 N–H and O–H groups in total. The summed E-state index contributed by atoms with van der Waals surface area (Å²) in [5.74, 6) is 0. The van der Waals surface area contributed by atoms with Crippen LogP contribution in [0.3, 0.4) is 0 Å². The summed E-state index contributed by atoms with van der Waals surface area (Å²) in [6.07, 6.45) is 4.65. The van der Waals surface area contributed by atoms with E-state index in [2.05, 4.69) is 26.8 Å². The van der Waals surface area contributed by atoms with Crippen molar-refractivity contribution in [3.63, 3.8) is 0 Å². The second-order valence-corrected chi connectivity index (χ2v) is 1.81. The quantitative estimate of drug-likeness (QED) is 0.506. The Balaban J connectivity index is -0.000000138. The molecule has 0 radical (unpaired) electrons. The molecule has 0 aromatic heterocycles. The van der Waals surface area contributed by atoms with Crippen molar-refractivity contribution in [1.29, 1.82) is 0 Å². The van der Waals surface area contributed by atoms with Crippen LogP contribution in [0.4, 0.5) is 0 Å². The van der Waals surface area contributed by atoms with Gasteiger partial charge in [0.05, 0.1) is 0 Å². The molecule has 0 rings (SSSR count). The summed E-state index contributed by atoms with van der Waals surface area (Å²) in [6, 6.07) is 0. The fourth-order valence-corrected chi connectivity index (χ4v) is 0.493. The average molecular weight is 158 g/mol. The van der Waals surface area contributed by atoms with Crippen LogP contribution in [0.1, 0.15) is 61.3 Å². The normalized spacial score (nSPS) is 8.82. The summed E-state index contributed by atoms with van der Waals surface area (Å²) >= 11 is 0. The predicted molar refractivity (Wildman–Crippen MR) is 57.0 cm³/mol. The van der Waals surface area contributed by atoms with Crippen LogP contribution in [0.15, 0.2) is 11.6 Å². The number of allylic oxidation sites excluding steroid dienone is 2. The molecule has 11 heavy (non-hydrogen) atoms. The van der Waals surface area contributed by atoms with Gasteiger partial charge in [0.1, 0.15) is 0 Å². The maximum absolute atomic E-state index is 2.26. The van der Waals surface area contributed by atoms with E-state index in [-0.39, 0.29) is 0 Å². The Hall–Kier alpha value is -0.260. The Labute approximate surface area is 73.7 Å². The summed E-state index contributed by atoms with van der Waals surface area (Å²) in [6.45, 7) is 14.5. The van der Waals surface area contributed by atoms with Crippen LogP contribution >= 0.6 is 0 Å². The lowest BCUT2D eigenvalue weighted by molar-refractivity contribution is 1.06. The minimum atomic E-state index is 1.18. The van der Waals surface area contributed by atoms with Gasteiger partial charge in [0.15, 0.2) is 0 Å². The van der Waals surface area contributed by atoms with Gasteiger partial charge in [-0.15, -0.1) is 0 Å². The summed E-state index contributed by atoms with van der Waals surface area (Å²) in [5, 5.41) is 0. The van der Waals surface area contributed by atoms with E-state index in [0.717, 1.165) is 0 Å². The number of hydrogen-bond acceptors (Lipinski definition) is 0. The fourth-order valence-electron chi connectivity index (χ4n) is 0.493. The zero-order valence-electron chi connectivity index (χ0n) is 9.49. The maximum atomic E-state index is 2.26. The highest BCUT2D eigenvalue weighted by Crippen LogP contribution is 1.97. The minimum absolute atomic E-state index is 1.18. The van der Waals surface area contributed by atoms with E-state index in [0.29, 0.717) is 0 Å². The van der Waals surface area contributed by atoms with Gasteiger partial charge in [-0.05, 0) is 19.8 Å². The van der Waals surface area contributed by atoms with Crippen molar-refractivity contribution in [3.05, 3.63) is 11.6 Å². The molecule has 0 heteroatoms. The molecule has 0 aromatic rings. The van der Waals surface area contributed by atoms with Gasteiger partial charge in [0.25, 0.3) is 0 Å². The Morgan fingerprint density at radius 1 is 1.00 bits per heavy atom. The highest BCUT2D eigenvalue weighted by Gasteiger charge is 1.76. The molecule has 0 spiro atoms. The van der Waals surface area contributed by atoms with Gasteiger partial charge in [0.2, 0.25) is 0 Å². The predicted octanol–water partition coefficient (Wildman–Crippen LogP) is 4.81. The highest BCUT2D eigenvalue weighted by atomic mass is 13.8. The first-order valence-electron chi connectivity index (χ1n) is 4.96. The van der Waals surface area contributed by atoms with Crippen LogP contribution in [-0.4, -0.2) is 0 Å². The molecule has 0 aliphatic rings. The lowest BCUT2D eigenvalue weighted by Crippen LogP contribution is -1.67. The summed E-state index contributed by atoms with van der Waals surface area (Å²) in [7, 11) is 0. The summed E-state index contributed by atoms with van der Waals surface area (Å²) < 4.78 is 0. The number of rotatable bonds is 2. The lowest BCUT2D eigenvalue weighted by atomic mass is 10.2. The van der Waals surface area contributed by atoms with E-state index in [9.17, 15) is 0 Å². The zero-order chi connectivity index (χ0) is 9.70. The van der Waals surface area contributed by atoms with Gasteiger partial charge in [-0.2, -0.15) is 0 Å². The van der Waals surface area contributed by atoms with Crippen molar-refractivity contribution in [2.45, 2.75) is 61.3 Å². The summed E-state index contributed by atoms with van der Waals surface area (Å²) in [5.41, 5.74) is 1.50. The van der Waals surface area contributed by atoms with Gasteiger partial charge in [0, 0.05) is 0 Å². The Bertz CT molecular complexity index is 60.4. The van der Waals surface area contributed by atoms with Gasteiger partial charge in [-0.1, -0.05) is 53.2 Å². The third-order valence-corrected chi connectivity index (χ3v) is 1.11. The van der Waals surface area contributed by atoms with E-state index < -0.39 is 0 Å². The molecule has 70 valence electrons. The second kappa shape index (κ2) is 22.6. The zero-order valence-corrected chi connectivity index (χ0v) is 9.49. The smallest absolute Gasteiger partial charge is 0.0352 e.